The normalized spacial score (nSPS) is 23.6. The van der Waals surface area contributed by atoms with Gasteiger partial charge in [0.2, 0.25) is 0 Å². The summed E-state index contributed by atoms with van der Waals surface area (Å²) in [6, 6.07) is 17.1. The van der Waals surface area contributed by atoms with E-state index in [1.54, 1.807) is 25.1 Å². The molecule has 3 atom stereocenters. The van der Waals surface area contributed by atoms with Crippen LogP contribution in [-0.2, 0) is 19.6 Å². The number of halogens is 2. The Bertz CT molecular complexity index is 1540. The molecular formula is C27H21ClFNO5S. The predicted octanol–water partition coefficient (Wildman–Crippen LogP) is 5.18. The van der Waals surface area contributed by atoms with E-state index in [1.807, 2.05) is 30.3 Å². The molecule has 2 heterocycles. The monoisotopic (exact) mass is 525 g/mol. The number of carbonyl (C=O) groups excluding carboxylic acids is 1. The van der Waals surface area contributed by atoms with Gasteiger partial charge >= 0.3 is 5.97 Å². The van der Waals surface area contributed by atoms with Gasteiger partial charge < -0.3 is 9.47 Å². The van der Waals surface area contributed by atoms with Gasteiger partial charge in [0.15, 0.2) is 0 Å². The summed E-state index contributed by atoms with van der Waals surface area (Å²) in [6.07, 6.45) is 1.29. The van der Waals surface area contributed by atoms with Crippen molar-refractivity contribution in [2.75, 3.05) is 17.5 Å². The third-order valence-corrected chi connectivity index (χ3v) is 9.09. The number of nitrogens with zero attached hydrogens (tertiary/aromatic N) is 1. The van der Waals surface area contributed by atoms with E-state index >= 15 is 0 Å². The molecule has 1 aliphatic carbocycles. The lowest BCUT2D eigenvalue weighted by atomic mass is 9.70. The van der Waals surface area contributed by atoms with Crippen molar-refractivity contribution < 1.29 is 27.1 Å². The molecule has 0 N–H and O–H groups in total. The zero-order chi connectivity index (χ0) is 25.2. The summed E-state index contributed by atoms with van der Waals surface area (Å²) in [5, 5.41) is 0.400. The minimum absolute atomic E-state index is 0.0882. The Labute approximate surface area is 213 Å². The average Bonchev–Trinajstić information content (AvgIpc) is 3.38. The summed E-state index contributed by atoms with van der Waals surface area (Å²) in [5.41, 5.74) is 1.28. The van der Waals surface area contributed by atoms with Crippen molar-refractivity contribution in [1.82, 2.24) is 0 Å². The second-order valence-corrected chi connectivity index (χ2v) is 11.3. The van der Waals surface area contributed by atoms with Gasteiger partial charge in [-0.2, -0.15) is 0 Å². The Morgan fingerprint density at radius 3 is 2.67 bits per heavy atom. The highest BCUT2D eigenvalue weighted by Crippen LogP contribution is 2.61. The van der Waals surface area contributed by atoms with Crippen LogP contribution < -0.4 is 9.04 Å². The first-order chi connectivity index (χ1) is 17.3. The minimum atomic E-state index is -4.17. The molecular weight excluding hydrogens is 505 g/mol. The standard InChI is InChI=1S/C27H21ClFNO5S/c1-2-34-26(31)27-14-21-19-5-3-4-6-23(19)35-25(21)24(27)20-13-16(28)7-12-22(20)30(15-27)36(32,33)18-10-8-17(29)9-11-18/h3-14,24-25H,2,15H2,1H3/t24-,25+,27+/m1/s1. The number of sulfonamides is 1. The maximum Gasteiger partial charge on any atom is 0.318 e. The lowest BCUT2D eigenvalue weighted by molar-refractivity contribution is -0.153. The van der Waals surface area contributed by atoms with Gasteiger partial charge in [0, 0.05) is 22.1 Å². The third kappa shape index (κ3) is 3.21. The molecule has 3 aromatic rings. The Hall–Kier alpha value is -3.36. The van der Waals surface area contributed by atoms with E-state index < -0.39 is 39.2 Å². The van der Waals surface area contributed by atoms with Gasteiger partial charge in [0.25, 0.3) is 10.0 Å². The molecule has 0 saturated carbocycles. The number of fused-ring (bicyclic) bond motifs is 7. The highest BCUT2D eigenvalue weighted by Gasteiger charge is 2.62. The zero-order valence-electron chi connectivity index (χ0n) is 19.1. The van der Waals surface area contributed by atoms with Crippen molar-refractivity contribution in [3.8, 4) is 5.75 Å². The summed E-state index contributed by atoms with van der Waals surface area (Å²) in [6.45, 7) is 1.64. The largest absolute Gasteiger partial charge is 0.484 e. The molecule has 0 radical (unpaired) electrons. The predicted molar refractivity (Wildman–Crippen MR) is 133 cm³/mol. The molecule has 0 spiro atoms. The number of hydrogen-bond donors (Lipinski definition) is 0. The van der Waals surface area contributed by atoms with Crippen molar-refractivity contribution in [2.24, 2.45) is 5.41 Å². The summed E-state index contributed by atoms with van der Waals surface area (Å²) < 4.78 is 54.4. The second-order valence-electron chi connectivity index (χ2n) is 9.04. The number of esters is 1. The summed E-state index contributed by atoms with van der Waals surface area (Å²) in [5.74, 6) is -0.946. The Morgan fingerprint density at radius 2 is 1.92 bits per heavy atom. The number of hydrogen-bond acceptors (Lipinski definition) is 5. The zero-order valence-corrected chi connectivity index (χ0v) is 20.7. The lowest BCUT2D eigenvalue weighted by Gasteiger charge is -2.44. The minimum Gasteiger partial charge on any atom is -0.484 e. The van der Waals surface area contributed by atoms with Crippen LogP contribution in [-0.4, -0.2) is 33.6 Å². The molecule has 0 aromatic heterocycles. The van der Waals surface area contributed by atoms with Gasteiger partial charge in [-0.3, -0.25) is 9.10 Å². The van der Waals surface area contributed by atoms with E-state index in [0.29, 0.717) is 22.0 Å². The topological polar surface area (TPSA) is 72.9 Å². The van der Waals surface area contributed by atoms with Crippen molar-refractivity contribution in [2.45, 2.75) is 23.8 Å². The molecule has 3 aromatic carbocycles. The van der Waals surface area contributed by atoms with Crippen LogP contribution in [0.4, 0.5) is 10.1 Å². The number of carbonyl (C=O) groups is 1. The van der Waals surface area contributed by atoms with Crippen LogP contribution >= 0.6 is 11.6 Å². The van der Waals surface area contributed by atoms with Crippen LogP contribution in [0.5, 0.6) is 5.75 Å². The van der Waals surface area contributed by atoms with E-state index in [-0.39, 0.29) is 18.0 Å². The smallest absolute Gasteiger partial charge is 0.318 e. The number of ether oxygens (including phenoxy) is 2. The van der Waals surface area contributed by atoms with Crippen molar-refractivity contribution in [3.05, 3.63) is 94.8 Å². The second kappa shape index (κ2) is 8.08. The van der Waals surface area contributed by atoms with Crippen LogP contribution in [0.1, 0.15) is 24.0 Å². The molecule has 6 nitrogen and oxygen atoms in total. The summed E-state index contributed by atoms with van der Waals surface area (Å²) in [7, 11) is -4.17. The fraction of sp³-hybridized carbons (Fsp3) is 0.222. The van der Waals surface area contributed by atoms with Crippen molar-refractivity contribution >= 4 is 38.9 Å². The average molecular weight is 526 g/mol. The molecule has 184 valence electrons. The molecule has 9 heteroatoms. The first-order valence-corrected chi connectivity index (χ1v) is 13.3. The maximum atomic E-state index is 13.9. The Balaban J connectivity index is 1.59. The molecule has 0 fully saturated rings. The van der Waals surface area contributed by atoms with Crippen LogP contribution in [0, 0.1) is 11.2 Å². The van der Waals surface area contributed by atoms with Crippen molar-refractivity contribution in [3.63, 3.8) is 0 Å². The first-order valence-electron chi connectivity index (χ1n) is 11.5. The molecule has 3 aliphatic rings. The highest BCUT2D eigenvalue weighted by molar-refractivity contribution is 7.92. The quantitative estimate of drug-likeness (QED) is 0.439. The maximum absolute atomic E-state index is 13.9. The molecule has 0 amide bonds. The molecule has 0 bridgehead atoms. The molecule has 36 heavy (non-hydrogen) atoms. The molecule has 2 aliphatic heterocycles. The fourth-order valence-electron chi connectivity index (χ4n) is 5.58. The van der Waals surface area contributed by atoms with Gasteiger partial charge in [-0.15, -0.1) is 0 Å². The Morgan fingerprint density at radius 1 is 1.17 bits per heavy atom. The van der Waals surface area contributed by atoms with E-state index in [2.05, 4.69) is 0 Å². The number of benzene rings is 3. The van der Waals surface area contributed by atoms with Gasteiger partial charge in [-0.1, -0.05) is 35.9 Å². The van der Waals surface area contributed by atoms with Crippen LogP contribution in [0.2, 0.25) is 5.02 Å². The van der Waals surface area contributed by atoms with E-state index in [9.17, 15) is 17.6 Å². The highest BCUT2D eigenvalue weighted by atomic mass is 35.5. The first kappa shape index (κ1) is 23.1. The van der Waals surface area contributed by atoms with E-state index in [4.69, 9.17) is 21.1 Å². The van der Waals surface area contributed by atoms with Gasteiger partial charge in [0.05, 0.1) is 23.7 Å². The molecule has 0 unspecified atom stereocenters. The molecule has 6 rings (SSSR count). The number of rotatable bonds is 4. The van der Waals surface area contributed by atoms with Gasteiger partial charge in [-0.25, -0.2) is 12.8 Å². The summed E-state index contributed by atoms with van der Waals surface area (Å²) in [4.78, 5) is 13.6. The van der Waals surface area contributed by atoms with Crippen LogP contribution in [0.25, 0.3) is 5.57 Å². The third-order valence-electron chi connectivity index (χ3n) is 7.08. The SMILES string of the molecule is CCOC(=O)[C@]12C=C3c4ccccc4O[C@@H]3[C@H]1c1cc(Cl)ccc1N(S(=O)(=O)c1ccc(F)cc1)C2. The van der Waals surface area contributed by atoms with E-state index in [0.717, 1.165) is 23.3 Å². The van der Waals surface area contributed by atoms with Crippen molar-refractivity contribution in [1.29, 1.82) is 0 Å². The van der Waals surface area contributed by atoms with Crippen LogP contribution in [0.3, 0.4) is 0 Å². The lowest BCUT2D eigenvalue weighted by Crippen LogP contribution is -2.53. The fourth-order valence-corrected chi connectivity index (χ4v) is 7.30. The van der Waals surface area contributed by atoms with Gasteiger partial charge in [0.1, 0.15) is 23.1 Å². The van der Waals surface area contributed by atoms with Gasteiger partial charge in [-0.05, 0) is 61.0 Å². The Kier molecular flexibility index (Phi) is 5.18. The molecule has 0 saturated heterocycles. The number of anilines is 1. The number of para-hydroxylation sites is 1. The summed E-state index contributed by atoms with van der Waals surface area (Å²) >= 11 is 6.40. The van der Waals surface area contributed by atoms with E-state index in [1.165, 1.54) is 16.4 Å². The van der Waals surface area contributed by atoms with Crippen LogP contribution in [0.15, 0.2) is 77.7 Å².